The van der Waals surface area contributed by atoms with Crippen LogP contribution < -0.4 is 0 Å². The number of aromatic nitrogens is 2. The molecule has 0 N–H and O–H groups in total. The van der Waals surface area contributed by atoms with Crippen LogP contribution in [0.5, 0.6) is 0 Å². The molecule has 2 heterocycles. The molecule has 25 heavy (non-hydrogen) atoms. The third kappa shape index (κ3) is 2.92. The van der Waals surface area contributed by atoms with Crippen LogP contribution in [0.15, 0.2) is 53.6 Å². The number of halogens is 1. The Hall–Kier alpha value is -1.98. The zero-order valence-corrected chi connectivity index (χ0v) is 14.9. The Kier molecular flexibility index (Phi) is 4.44. The summed E-state index contributed by atoms with van der Waals surface area (Å²) in [4.78, 5) is 9.82. The number of ether oxygens (including phenoxy) is 1. The summed E-state index contributed by atoms with van der Waals surface area (Å²) in [6.07, 6.45) is 3.63. The van der Waals surface area contributed by atoms with E-state index in [1.165, 1.54) is 12.1 Å². The summed E-state index contributed by atoms with van der Waals surface area (Å²) in [6.45, 7) is 1.31. The highest BCUT2D eigenvalue weighted by molar-refractivity contribution is 7.98. The lowest BCUT2D eigenvalue weighted by molar-refractivity contribution is 0.0604. The first-order valence-corrected chi connectivity index (χ1v) is 9.60. The van der Waals surface area contributed by atoms with Crippen LogP contribution in [-0.4, -0.2) is 29.4 Å². The third-order valence-corrected chi connectivity index (χ3v) is 5.63. The molecule has 1 aromatic heterocycles. The van der Waals surface area contributed by atoms with Crippen molar-refractivity contribution in [3.63, 3.8) is 0 Å². The molecule has 1 fully saturated rings. The molecule has 5 heteroatoms. The topological polar surface area (TPSA) is 35.0 Å². The normalized spacial score (nSPS) is 16.9. The minimum Gasteiger partial charge on any atom is -0.381 e. The highest BCUT2D eigenvalue weighted by Crippen LogP contribution is 2.41. The molecule has 2 aromatic carbocycles. The van der Waals surface area contributed by atoms with Gasteiger partial charge in [0.25, 0.3) is 0 Å². The maximum atomic E-state index is 13.4. The molecule has 1 aliphatic heterocycles. The van der Waals surface area contributed by atoms with Gasteiger partial charge in [0.1, 0.15) is 16.7 Å². The fourth-order valence-corrected chi connectivity index (χ4v) is 4.12. The SMILES string of the molecule is CSc1nc(C2(c3ccc(F)cc3)CCOCC2)nc2ccccc12. The van der Waals surface area contributed by atoms with Crippen LogP contribution in [0.4, 0.5) is 4.39 Å². The van der Waals surface area contributed by atoms with Crippen molar-refractivity contribution in [1.29, 1.82) is 0 Å². The van der Waals surface area contributed by atoms with Crippen LogP contribution in [0.1, 0.15) is 24.2 Å². The first-order chi connectivity index (χ1) is 12.2. The van der Waals surface area contributed by atoms with Crippen molar-refractivity contribution < 1.29 is 9.13 Å². The molecule has 0 bridgehead atoms. The van der Waals surface area contributed by atoms with E-state index in [4.69, 9.17) is 14.7 Å². The van der Waals surface area contributed by atoms with E-state index >= 15 is 0 Å². The van der Waals surface area contributed by atoms with E-state index < -0.39 is 0 Å². The third-order valence-electron chi connectivity index (χ3n) is 4.93. The summed E-state index contributed by atoms with van der Waals surface area (Å²) in [7, 11) is 0. The minimum atomic E-state index is -0.333. The second kappa shape index (κ2) is 6.73. The van der Waals surface area contributed by atoms with E-state index in [-0.39, 0.29) is 11.2 Å². The smallest absolute Gasteiger partial charge is 0.141 e. The van der Waals surface area contributed by atoms with Gasteiger partial charge < -0.3 is 4.74 Å². The molecule has 0 atom stereocenters. The zero-order chi connectivity index (χ0) is 17.3. The van der Waals surface area contributed by atoms with Crippen LogP contribution in [0.2, 0.25) is 0 Å². The van der Waals surface area contributed by atoms with Gasteiger partial charge in [-0.1, -0.05) is 30.3 Å². The number of hydrogen-bond acceptors (Lipinski definition) is 4. The van der Waals surface area contributed by atoms with E-state index in [0.29, 0.717) is 13.2 Å². The molecule has 0 spiro atoms. The number of thioether (sulfide) groups is 1. The largest absolute Gasteiger partial charge is 0.381 e. The molecule has 0 radical (unpaired) electrons. The van der Waals surface area contributed by atoms with Crippen molar-refractivity contribution >= 4 is 22.7 Å². The maximum Gasteiger partial charge on any atom is 0.141 e. The first-order valence-electron chi connectivity index (χ1n) is 8.38. The molecule has 0 unspecified atom stereocenters. The Morgan fingerprint density at radius 2 is 1.72 bits per heavy atom. The van der Waals surface area contributed by atoms with Crippen molar-refractivity contribution in [3.05, 3.63) is 65.7 Å². The number of benzene rings is 2. The Labute approximate surface area is 150 Å². The summed E-state index contributed by atoms with van der Waals surface area (Å²) >= 11 is 1.63. The van der Waals surface area contributed by atoms with E-state index in [9.17, 15) is 4.39 Å². The second-order valence-corrected chi connectivity index (χ2v) is 7.07. The molecule has 1 aliphatic rings. The maximum absolute atomic E-state index is 13.4. The van der Waals surface area contributed by atoms with Crippen LogP contribution in [0, 0.1) is 5.82 Å². The number of fused-ring (bicyclic) bond motifs is 1. The summed E-state index contributed by atoms with van der Waals surface area (Å²) in [5, 5.41) is 2.05. The minimum absolute atomic E-state index is 0.227. The van der Waals surface area contributed by atoms with Gasteiger partial charge in [0.05, 0.1) is 10.9 Å². The van der Waals surface area contributed by atoms with Crippen LogP contribution >= 0.6 is 11.8 Å². The van der Waals surface area contributed by atoms with E-state index in [1.54, 1.807) is 11.8 Å². The first kappa shape index (κ1) is 16.5. The van der Waals surface area contributed by atoms with Gasteiger partial charge in [-0.05, 0) is 42.9 Å². The molecular formula is C20H19FN2OS. The highest BCUT2D eigenvalue weighted by atomic mass is 32.2. The quantitative estimate of drug-likeness (QED) is 0.509. The van der Waals surface area contributed by atoms with Crippen molar-refractivity contribution in [2.24, 2.45) is 0 Å². The van der Waals surface area contributed by atoms with Gasteiger partial charge in [-0.2, -0.15) is 0 Å². The number of rotatable bonds is 3. The second-order valence-electron chi connectivity index (χ2n) is 6.28. The molecule has 0 saturated carbocycles. The molecule has 3 aromatic rings. The van der Waals surface area contributed by atoms with Crippen molar-refractivity contribution in [2.45, 2.75) is 23.3 Å². The Balaban J connectivity index is 1.93. The van der Waals surface area contributed by atoms with Crippen molar-refractivity contribution in [2.75, 3.05) is 19.5 Å². The predicted molar refractivity (Wildman–Crippen MR) is 98.6 cm³/mol. The fraction of sp³-hybridized carbons (Fsp3) is 0.300. The van der Waals surface area contributed by atoms with Crippen LogP contribution in [-0.2, 0) is 10.2 Å². The van der Waals surface area contributed by atoms with Gasteiger partial charge >= 0.3 is 0 Å². The number of hydrogen-bond donors (Lipinski definition) is 0. The standard InChI is InChI=1S/C20H19FN2OS/c1-25-18-16-4-2-3-5-17(16)22-19(23-18)20(10-12-24-13-11-20)14-6-8-15(21)9-7-14/h2-9H,10-13H2,1H3. The van der Waals surface area contributed by atoms with Gasteiger partial charge in [0, 0.05) is 18.6 Å². The Bertz CT molecular complexity index is 892. The molecule has 3 nitrogen and oxygen atoms in total. The average molecular weight is 354 g/mol. The lowest BCUT2D eigenvalue weighted by Gasteiger charge is -2.36. The molecule has 1 saturated heterocycles. The lowest BCUT2D eigenvalue weighted by atomic mass is 9.73. The van der Waals surface area contributed by atoms with E-state index in [2.05, 4.69) is 6.07 Å². The highest BCUT2D eigenvalue weighted by Gasteiger charge is 2.39. The van der Waals surface area contributed by atoms with Crippen molar-refractivity contribution in [1.82, 2.24) is 9.97 Å². The van der Waals surface area contributed by atoms with Gasteiger partial charge in [-0.3, -0.25) is 0 Å². The van der Waals surface area contributed by atoms with E-state index in [0.717, 1.165) is 40.2 Å². The zero-order valence-electron chi connectivity index (χ0n) is 14.0. The van der Waals surface area contributed by atoms with Gasteiger partial charge in [0.2, 0.25) is 0 Å². The molecule has 0 amide bonds. The van der Waals surface area contributed by atoms with Gasteiger partial charge in [0.15, 0.2) is 0 Å². The van der Waals surface area contributed by atoms with Crippen LogP contribution in [0.3, 0.4) is 0 Å². The Morgan fingerprint density at radius 3 is 2.44 bits per heavy atom. The molecule has 4 rings (SSSR count). The summed E-state index contributed by atoms with van der Waals surface area (Å²) in [5.74, 6) is 0.584. The van der Waals surface area contributed by atoms with E-state index in [1.807, 2.05) is 36.6 Å². The number of nitrogens with zero attached hydrogens (tertiary/aromatic N) is 2. The van der Waals surface area contributed by atoms with Crippen molar-refractivity contribution in [3.8, 4) is 0 Å². The van der Waals surface area contributed by atoms with Gasteiger partial charge in [-0.25, -0.2) is 14.4 Å². The molecule has 0 aliphatic carbocycles. The molecule has 128 valence electrons. The average Bonchev–Trinajstić information content (AvgIpc) is 2.68. The van der Waals surface area contributed by atoms with Crippen LogP contribution in [0.25, 0.3) is 10.9 Å². The summed E-state index contributed by atoms with van der Waals surface area (Å²) in [6, 6.07) is 14.8. The summed E-state index contributed by atoms with van der Waals surface area (Å²) in [5.41, 5.74) is 1.67. The summed E-state index contributed by atoms with van der Waals surface area (Å²) < 4.78 is 19.0. The Morgan fingerprint density at radius 1 is 1.00 bits per heavy atom. The fourth-order valence-electron chi connectivity index (χ4n) is 3.55. The number of para-hydroxylation sites is 1. The molecular weight excluding hydrogens is 335 g/mol. The monoisotopic (exact) mass is 354 g/mol. The predicted octanol–water partition coefficient (Wildman–Crippen LogP) is 4.59. The van der Waals surface area contributed by atoms with Gasteiger partial charge in [-0.15, -0.1) is 11.8 Å². The lowest BCUT2D eigenvalue weighted by Crippen LogP contribution is -2.37.